The summed E-state index contributed by atoms with van der Waals surface area (Å²) >= 11 is 0. The van der Waals surface area contributed by atoms with Crippen LogP contribution in [0.4, 0.5) is 0 Å². The van der Waals surface area contributed by atoms with Gasteiger partial charge in [0.1, 0.15) is 5.75 Å². The molecule has 3 rings (SSSR count). The second-order valence-electron chi connectivity index (χ2n) is 5.42. The molecule has 0 aromatic heterocycles. The molecule has 1 aliphatic heterocycles. The van der Waals surface area contributed by atoms with Crippen molar-refractivity contribution in [2.45, 2.75) is 25.4 Å². The van der Waals surface area contributed by atoms with E-state index in [0.717, 1.165) is 25.3 Å². The third-order valence-electron chi connectivity index (χ3n) is 4.03. The number of ether oxygens (including phenoxy) is 1. The number of hydrogen-bond acceptors (Lipinski definition) is 3. The predicted molar refractivity (Wildman–Crippen MR) is 82.8 cm³/mol. The summed E-state index contributed by atoms with van der Waals surface area (Å²) in [6.07, 6.45) is 3.56. The first-order chi connectivity index (χ1) is 9.84. The number of likely N-dealkylation sites (tertiary alicyclic amines) is 1. The summed E-state index contributed by atoms with van der Waals surface area (Å²) in [7, 11) is 0. The van der Waals surface area contributed by atoms with Crippen LogP contribution in [0.15, 0.2) is 42.5 Å². The van der Waals surface area contributed by atoms with Crippen molar-refractivity contribution in [1.82, 2.24) is 4.90 Å². The quantitative estimate of drug-likeness (QED) is 0.907. The Bertz CT molecular complexity index is 558. The van der Waals surface area contributed by atoms with Crippen LogP contribution < -0.4 is 10.5 Å². The molecule has 1 aliphatic rings. The van der Waals surface area contributed by atoms with Crippen LogP contribution in [0.1, 0.15) is 19.3 Å². The van der Waals surface area contributed by atoms with Crippen molar-refractivity contribution in [1.29, 1.82) is 0 Å². The first-order valence-corrected chi connectivity index (χ1v) is 7.45. The monoisotopic (exact) mass is 270 g/mol. The highest BCUT2D eigenvalue weighted by molar-refractivity contribution is 5.88. The lowest BCUT2D eigenvalue weighted by Crippen LogP contribution is -2.40. The van der Waals surface area contributed by atoms with Crippen LogP contribution in [-0.4, -0.2) is 30.8 Å². The molecule has 0 bridgehead atoms. The van der Waals surface area contributed by atoms with E-state index in [-0.39, 0.29) is 6.17 Å². The maximum absolute atomic E-state index is 6.20. The molecule has 20 heavy (non-hydrogen) atoms. The first-order valence-electron chi connectivity index (χ1n) is 7.45. The van der Waals surface area contributed by atoms with E-state index in [1.807, 2.05) is 18.2 Å². The summed E-state index contributed by atoms with van der Waals surface area (Å²) in [6, 6.07) is 14.5. The number of rotatable bonds is 5. The molecule has 0 radical (unpaired) electrons. The molecule has 1 heterocycles. The van der Waals surface area contributed by atoms with Crippen molar-refractivity contribution in [3.63, 3.8) is 0 Å². The number of nitrogens with zero attached hydrogens (tertiary/aromatic N) is 1. The van der Waals surface area contributed by atoms with Crippen LogP contribution in [0.2, 0.25) is 0 Å². The van der Waals surface area contributed by atoms with Crippen LogP contribution in [0, 0.1) is 0 Å². The molecule has 2 N–H and O–H groups in total. The summed E-state index contributed by atoms with van der Waals surface area (Å²) in [4.78, 5) is 2.35. The number of nitrogens with two attached hydrogens (primary N) is 1. The van der Waals surface area contributed by atoms with E-state index < -0.39 is 0 Å². The van der Waals surface area contributed by atoms with Crippen molar-refractivity contribution in [2.75, 3.05) is 19.7 Å². The lowest BCUT2D eigenvalue weighted by molar-refractivity contribution is 0.198. The van der Waals surface area contributed by atoms with Crippen molar-refractivity contribution in [2.24, 2.45) is 5.73 Å². The highest BCUT2D eigenvalue weighted by atomic mass is 16.5. The van der Waals surface area contributed by atoms with Gasteiger partial charge in [-0.25, -0.2) is 0 Å². The zero-order valence-electron chi connectivity index (χ0n) is 11.8. The normalized spacial score (nSPS) is 17.4. The third-order valence-corrected chi connectivity index (χ3v) is 4.03. The topological polar surface area (TPSA) is 38.5 Å². The third kappa shape index (κ3) is 2.94. The number of fused-ring (bicyclic) bond motifs is 1. The van der Waals surface area contributed by atoms with Gasteiger partial charge in [0.2, 0.25) is 0 Å². The van der Waals surface area contributed by atoms with Crippen LogP contribution >= 0.6 is 0 Å². The van der Waals surface area contributed by atoms with E-state index in [1.165, 1.54) is 23.6 Å². The Hall–Kier alpha value is -1.58. The van der Waals surface area contributed by atoms with Crippen LogP contribution in [0.3, 0.4) is 0 Å². The molecule has 2 aromatic carbocycles. The maximum atomic E-state index is 6.20. The van der Waals surface area contributed by atoms with Gasteiger partial charge in [-0.1, -0.05) is 36.4 Å². The molecule has 0 amide bonds. The molecular weight excluding hydrogens is 248 g/mol. The van der Waals surface area contributed by atoms with E-state index >= 15 is 0 Å². The summed E-state index contributed by atoms with van der Waals surface area (Å²) in [5.74, 6) is 0.955. The van der Waals surface area contributed by atoms with Gasteiger partial charge in [0, 0.05) is 11.8 Å². The zero-order valence-corrected chi connectivity index (χ0v) is 11.8. The van der Waals surface area contributed by atoms with E-state index in [4.69, 9.17) is 10.5 Å². The molecule has 3 nitrogen and oxygen atoms in total. The minimum atomic E-state index is 0.132. The van der Waals surface area contributed by atoms with Gasteiger partial charge in [0.15, 0.2) is 0 Å². The largest absolute Gasteiger partial charge is 0.493 e. The van der Waals surface area contributed by atoms with Gasteiger partial charge in [0.05, 0.1) is 12.8 Å². The fraction of sp³-hybridized carbons (Fsp3) is 0.412. The Morgan fingerprint density at radius 3 is 2.65 bits per heavy atom. The number of hydrogen-bond donors (Lipinski definition) is 1. The van der Waals surface area contributed by atoms with Gasteiger partial charge in [0.25, 0.3) is 0 Å². The average Bonchev–Trinajstić information content (AvgIpc) is 3.02. The minimum absolute atomic E-state index is 0.132. The van der Waals surface area contributed by atoms with E-state index in [1.54, 1.807) is 0 Å². The van der Waals surface area contributed by atoms with Gasteiger partial charge in [-0.05, 0) is 37.4 Å². The molecular formula is C17H22N2O. The van der Waals surface area contributed by atoms with Gasteiger partial charge < -0.3 is 10.5 Å². The lowest BCUT2D eigenvalue weighted by atomic mass is 10.1. The molecule has 1 atom stereocenters. The van der Waals surface area contributed by atoms with E-state index in [9.17, 15) is 0 Å². The molecule has 2 aromatic rings. The molecule has 0 spiro atoms. The Morgan fingerprint density at radius 2 is 1.80 bits per heavy atom. The second-order valence-corrected chi connectivity index (χ2v) is 5.42. The molecule has 1 unspecified atom stereocenters. The molecule has 1 saturated heterocycles. The smallest absolute Gasteiger partial charge is 0.127 e. The SMILES string of the molecule is NC(CCOc1cccc2ccccc12)N1CCCC1. The van der Waals surface area contributed by atoms with Crippen molar-refractivity contribution in [3.05, 3.63) is 42.5 Å². The lowest BCUT2D eigenvalue weighted by Gasteiger charge is -2.23. The molecule has 0 saturated carbocycles. The fourth-order valence-electron chi connectivity index (χ4n) is 2.87. The standard InChI is InChI=1S/C17H22N2O/c18-17(19-11-3-4-12-19)10-13-20-16-9-5-7-14-6-1-2-8-15(14)16/h1-2,5-9,17H,3-4,10-13,18H2. The van der Waals surface area contributed by atoms with Crippen LogP contribution in [-0.2, 0) is 0 Å². The van der Waals surface area contributed by atoms with Gasteiger partial charge in [-0.3, -0.25) is 4.90 Å². The Balaban J connectivity index is 1.59. The van der Waals surface area contributed by atoms with Gasteiger partial charge in [-0.15, -0.1) is 0 Å². The average molecular weight is 270 g/mol. The van der Waals surface area contributed by atoms with Gasteiger partial charge >= 0.3 is 0 Å². The molecule has 1 fully saturated rings. The van der Waals surface area contributed by atoms with Gasteiger partial charge in [-0.2, -0.15) is 0 Å². The van der Waals surface area contributed by atoms with E-state index in [2.05, 4.69) is 29.2 Å². The second kappa shape index (κ2) is 6.25. The molecule has 106 valence electrons. The maximum Gasteiger partial charge on any atom is 0.127 e. The Labute approximate surface area is 120 Å². The fourth-order valence-corrected chi connectivity index (χ4v) is 2.87. The van der Waals surface area contributed by atoms with Crippen LogP contribution in [0.25, 0.3) is 10.8 Å². The summed E-state index contributed by atoms with van der Waals surface area (Å²) in [6.45, 7) is 2.94. The van der Waals surface area contributed by atoms with Crippen molar-refractivity contribution >= 4 is 10.8 Å². The summed E-state index contributed by atoms with van der Waals surface area (Å²) < 4.78 is 5.94. The molecule has 3 heteroatoms. The number of benzene rings is 2. The summed E-state index contributed by atoms with van der Waals surface area (Å²) in [5.41, 5.74) is 6.20. The van der Waals surface area contributed by atoms with Crippen LogP contribution in [0.5, 0.6) is 5.75 Å². The Morgan fingerprint density at radius 1 is 1.05 bits per heavy atom. The van der Waals surface area contributed by atoms with E-state index in [0.29, 0.717) is 6.61 Å². The molecule has 0 aliphatic carbocycles. The highest BCUT2D eigenvalue weighted by Crippen LogP contribution is 2.25. The van der Waals surface area contributed by atoms with Crippen molar-refractivity contribution < 1.29 is 4.74 Å². The zero-order chi connectivity index (χ0) is 13.8. The Kier molecular flexibility index (Phi) is 4.19. The minimum Gasteiger partial charge on any atom is -0.493 e. The highest BCUT2D eigenvalue weighted by Gasteiger charge is 2.18. The first kappa shape index (κ1) is 13.4. The summed E-state index contributed by atoms with van der Waals surface area (Å²) in [5, 5.41) is 2.39. The van der Waals surface area contributed by atoms with Crippen molar-refractivity contribution in [3.8, 4) is 5.75 Å². The predicted octanol–water partition coefficient (Wildman–Crippen LogP) is 2.99.